The number of hydrogen-bond donors (Lipinski definition) is 1. The maximum atomic E-state index is 11.0. The van der Waals surface area contributed by atoms with Crippen LogP contribution in [0.5, 0.6) is 0 Å². The van der Waals surface area contributed by atoms with Crippen molar-refractivity contribution in [1.29, 1.82) is 0 Å². The molecular formula is C17H16Cl2N2O2. The van der Waals surface area contributed by atoms with Gasteiger partial charge in [-0.3, -0.25) is 4.79 Å². The first-order valence-electron chi connectivity index (χ1n) is 7.44. The van der Waals surface area contributed by atoms with Crippen molar-refractivity contribution in [2.24, 2.45) is 5.92 Å². The summed E-state index contributed by atoms with van der Waals surface area (Å²) in [5.41, 5.74) is 1.81. The van der Waals surface area contributed by atoms with Crippen LogP contribution in [-0.2, 0) is 4.79 Å². The first-order chi connectivity index (χ1) is 11.1. The molecule has 23 heavy (non-hydrogen) atoms. The third kappa shape index (κ3) is 3.43. The summed E-state index contributed by atoms with van der Waals surface area (Å²) in [4.78, 5) is 17.6. The number of nitrogens with zero attached hydrogens (tertiary/aromatic N) is 2. The minimum atomic E-state index is -0.711. The lowest BCUT2D eigenvalue weighted by molar-refractivity contribution is -0.142. The van der Waals surface area contributed by atoms with Crippen LogP contribution in [0.1, 0.15) is 12.8 Å². The molecule has 0 unspecified atom stereocenters. The number of aromatic nitrogens is 1. The molecule has 1 saturated heterocycles. The van der Waals surface area contributed by atoms with Crippen LogP contribution in [0.2, 0.25) is 10.0 Å². The van der Waals surface area contributed by atoms with Gasteiger partial charge in [-0.2, -0.15) is 0 Å². The van der Waals surface area contributed by atoms with Crippen molar-refractivity contribution in [1.82, 2.24) is 4.98 Å². The fourth-order valence-corrected chi connectivity index (χ4v) is 3.25. The molecule has 120 valence electrons. The highest BCUT2D eigenvalue weighted by atomic mass is 35.5. The number of carboxylic acids is 1. The molecule has 2 aromatic rings. The molecule has 1 aromatic carbocycles. The van der Waals surface area contributed by atoms with Gasteiger partial charge < -0.3 is 10.0 Å². The van der Waals surface area contributed by atoms with Crippen LogP contribution in [0.25, 0.3) is 11.1 Å². The van der Waals surface area contributed by atoms with Crippen LogP contribution in [0.3, 0.4) is 0 Å². The van der Waals surface area contributed by atoms with Crippen LogP contribution >= 0.6 is 23.2 Å². The molecule has 0 aliphatic carbocycles. The van der Waals surface area contributed by atoms with Gasteiger partial charge in [0.2, 0.25) is 0 Å². The zero-order valence-corrected chi connectivity index (χ0v) is 13.9. The molecule has 0 saturated carbocycles. The number of pyridine rings is 1. The van der Waals surface area contributed by atoms with Gasteiger partial charge in [0.05, 0.1) is 16.0 Å². The highest BCUT2D eigenvalue weighted by Gasteiger charge is 2.25. The molecule has 4 nitrogen and oxygen atoms in total. The van der Waals surface area contributed by atoms with Gasteiger partial charge in [-0.1, -0.05) is 35.3 Å². The zero-order chi connectivity index (χ0) is 16.4. The van der Waals surface area contributed by atoms with Gasteiger partial charge in [0.1, 0.15) is 5.82 Å². The van der Waals surface area contributed by atoms with Crippen LogP contribution in [0, 0.1) is 5.92 Å². The quantitative estimate of drug-likeness (QED) is 0.893. The molecule has 6 heteroatoms. The van der Waals surface area contributed by atoms with Gasteiger partial charge in [-0.15, -0.1) is 0 Å². The van der Waals surface area contributed by atoms with Crippen LogP contribution in [-0.4, -0.2) is 29.1 Å². The Bertz CT molecular complexity index is 728. The fourth-order valence-electron chi connectivity index (χ4n) is 2.84. The summed E-state index contributed by atoms with van der Waals surface area (Å²) in [5, 5.41) is 10.1. The Morgan fingerprint density at radius 2 is 1.96 bits per heavy atom. The molecule has 0 spiro atoms. The number of benzene rings is 1. The molecule has 1 aliphatic heterocycles. The van der Waals surface area contributed by atoms with Crippen LogP contribution in [0.4, 0.5) is 5.82 Å². The van der Waals surface area contributed by atoms with Crippen molar-refractivity contribution >= 4 is 35.0 Å². The monoisotopic (exact) mass is 350 g/mol. The summed E-state index contributed by atoms with van der Waals surface area (Å²) in [6.45, 7) is 1.38. The normalized spacial score (nSPS) is 15.7. The van der Waals surface area contributed by atoms with E-state index >= 15 is 0 Å². The highest BCUT2D eigenvalue weighted by Crippen LogP contribution is 2.34. The summed E-state index contributed by atoms with van der Waals surface area (Å²) in [6.07, 6.45) is 3.02. The van der Waals surface area contributed by atoms with Crippen molar-refractivity contribution in [3.05, 3.63) is 46.6 Å². The fraction of sp³-hybridized carbons (Fsp3) is 0.294. The SMILES string of the molecule is O=C(O)C1CCN(c2cc(-c3cccc(Cl)c3Cl)ccn2)CC1. The maximum absolute atomic E-state index is 11.0. The van der Waals surface area contributed by atoms with Gasteiger partial charge in [0, 0.05) is 24.8 Å². The van der Waals surface area contributed by atoms with E-state index in [1.807, 2.05) is 24.3 Å². The lowest BCUT2D eigenvalue weighted by Crippen LogP contribution is -2.36. The molecule has 0 radical (unpaired) electrons. The molecule has 2 heterocycles. The average Bonchev–Trinajstić information content (AvgIpc) is 2.57. The van der Waals surface area contributed by atoms with E-state index in [2.05, 4.69) is 9.88 Å². The predicted molar refractivity (Wildman–Crippen MR) is 92.3 cm³/mol. The van der Waals surface area contributed by atoms with E-state index in [0.717, 1.165) is 16.9 Å². The number of carboxylic acid groups (broad SMARTS) is 1. The summed E-state index contributed by atoms with van der Waals surface area (Å²) in [6, 6.07) is 9.40. The Labute approximate surface area is 144 Å². The van der Waals surface area contributed by atoms with Gasteiger partial charge in [0.15, 0.2) is 0 Å². The maximum Gasteiger partial charge on any atom is 0.306 e. The molecule has 0 bridgehead atoms. The third-order valence-corrected chi connectivity index (χ3v) is 5.00. The predicted octanol–water partition coefficient (Wildman–Crippen LogP) is 4.36. The number of hydrogen-bond acceptors (Lipinski definition) is 3. The van der Waals surface area contributed by atoms with Gasteiger partial charge >= 0.3 is 5.97 Å². The minimum absolute atomic E-state index is 0.253. The van der Waals surface area contributed by atoms with Crippen LogP contribution in [0.15, 0.2) is 36.5 Å². The third-order valence-electron chi connectivity index (χ3n) is 4.18. The van der Waals surface area contributed by atoms with Gasteiger partial charge in [-0.05, 0) is 36.6 Å². The molecule has 1 N–H and O–H groups in total. The summed E-state index contributed by atoms with van der Waals surface area (Å²) < 4.78 is 0. The summed E-state index contributed by atoms with van der Waals surface area (Å²) >= 11 is 12.4. The first-order valence-corrected chi connectivity index (χ1v) is 8.20. The number of rotatable bonds is 3. The van der Waals surface area contributed by atoms with Gasteiger partial charge in [0.25, 0.3) is 0 Å². The number of aliphatic carboxylic acids is 1. The number of halogens is 2. The Morgan fingerprint density at radius 1 is 1.22 bits per heavy atom. The Hall–Kier alpha value is -1.78. The highest BCUT2D eigenvalue weighted by molar-refractivity contribution is 6.43. The van der Waals surface area contributed by atoms with E-state index in [1.54, 1.807) is 12.3 Å². The van der Waals surface area contributed by atoms with E-state index < -0.39 is 5.97 Å². The standard InChI is InChI=1S/C17H16Cl2N2O2/c18-14-3-1-2-13(16(14)19)12-4-7-20-15(10-12)21-8-5-11(6-9-21)17(22)23/h1-4,7,10-11H,5-6,8-9H2,(H,22,23). The van der Waals surface area contributed by atoms with E-state index in [0.29, 0.717) is 36.0 Å². The van der Waals surface area contributed by atoms with Crippen molar-refractivity contribution in [3.63, 3.8) is 0 Å². The van der Waals surface area contributed by atoms with Crippen molar-refractivity contribution in [3.8, 4) is 11.1 Å². The number of piperidine rings is 1. The molecule has 0 amide bonds. The van der Waals surface area contributed by atoms with E-state index in [4.69, 9.17) is 28.3 Å². The van der Waals surface area contributed by atoms with Crippen LogP contribution < -0.4 is 4.90 Å². The molecule has 1 fully saturated rings. The molecule has 1 aromatic heterocycles. The largest absolute Gasteiger partial charge is 0.481 e. The van der Waals surface area contributed by atoms with E-state index in [1.165, 1.54) is 0 Å². The second-order valence-electron chi connectivity index (χ2n) is 5.60. The molecular weight excluding hydrogens is 335 g/mol. The number of carbonyl (C=O) groups is 1. The van der Waals surface area contributed by atoms with E-state index in [9.17, 15) is 4.79 Å². The Balaban J connectivity index is 1.84. The first kappa shape index (κ1) is 16.1. The Kier molecular flexibility index (Phi) is 4.74. The van der Waals surface area contributed by atoms with Crippen molar-refractivity contribution in [2.45, 2.75) is 12.8 Å². The van der Waals surface area contributed by atoms with Gasteiger partial charge in [-0.25, -0.2) is 4.98 Å². The molecule has 1 aliphatic rings. The average molecular weight is 351 g/mol. The van der Waals surface area contributed by atoms with Crippen molar-refractivity contribution in [2.75, 3.05) is 18.0 Å². The Morgan fingerprint density at radius 3 is 2.65 bits per heavy atom. The molecule has 3 rings (SSSR count). The second kappa shape index (κ2) is 6.77. The van der Waals surface area contributed by atoms with E-state index in [-0.39, 0.29) is 5.92 Å². The minimum Gasteiger partial charge on any atom is -0.481 e. The summed E-state index contributed by atoms with van der Waals surface area (Å²) in [7, 11) is 0. The molecule has 0 atom stereocenters. The topological polar surface area (TPSA) is 53.4 Å². The zero-order valence-electron chi connectivity index (χ0n) is 12.4. The second-order valence-corrected chi connectivity index (χ2v) is 6.39. The summed E-state index contributed by atoms with van der Waals surface area (Å²) in [5.74, 6) is -0.128. The lowest BCUT2D eigenvalue weighted by atomic mass is 9.97. The lowest BCUT2D eigenvalue weighted by Gasteiger charge is -2.31. The smallest absolute Gasteiger partial charge is 0.306 e. The number of anilines is 1. The van der Waals surface area contributed by atoms with Crippen molar-refractivity contribution < 1.29 is 9.90 Å².